The van der Waals surface area contributed by atoms with E-state index < -0.39 is 11.3 Å². The van der Waals surface area contributed by atoms with E-state index in [9.17, 15) is 4.21 Å². The summed E-state index contributed by atoms with van der Waals surface area (Å²) in [5, 5.41) is 3.23. The fraction of sp³-hybridized carbons (Fsp3) is 0.500. The van der Waals surface area contributed by atoms with Gasteiger partial charge in [-0.25, -0.2) is 9.19 Å². The van der Waals surface area contributed by atoms with Crippen molar-refractivity contribution in [3.8, 4) is 0 Å². The van der Waals surface area contributed by atoms with E-state index in [4.69, 9.17) is 10.3 Å². The van der Waals surface area contributed by atoms with Gasteiger partial charge in [-0.3, -0.25) is 4.55 Å². The predicted octanol–water partition coefficient (Wildman–Crippen LogP) is -0.432. The Balaban J connectivity index is 1.86. The maximum absolute atomic E-state index is 11.0. The molecule has 2 aromatic rings. The lowest BCUT2D eigenvalue weighted by molar-refractivity contribution is 0.451. The van der Waals surface area contributed by atoms with Gasteiger partial charge in [-0.15, -0.1) is 0 Å². The highest BCUT2D eigenvalue weighted by Crippen LogP contribution is 2.22. The molecule has 1 saturated heterocycles. The predicted molar refractivity (Wildman–Crippen MR) is 75.1 cm³/mol. The van der Waals surface area contributed by atoms with Crippen molar-refractivity contribution >= 4 is 34.2 Å². The third-order valence-electron chi connectivity index (χ3n) is 3.29. The lowest BCUT2D eigenvalue weighted by Crippen LogP contribution is -2.27. The zero-order valence-electron chi connectivity index (χ0n) is 10.9. The Morgan fingerprint density at radius 3 is 3.05 bits per heavy atom. The van der Waals surface area contributed by atoms with Gasteiger partial charge >= 0.3 is 0 Å². The van der Waals surface area contributed by atoms with E-state index in [1.165, 1.54) is 4.31 Å². The molecule has 1 aliphatic heterocycles. The fourth-order valence-corrected chi connectivity index (χ4v) is 2.87. The number of nitrogens with two attached hydrogens (primary N) is 1. The molecule has 0 bridgehead atoms. The first kappa shape index (κ1) is 13.2. The second-order valence-electron chi connectivity index (χ2n) is 4.71. The molecule has 0 saturated carbocycles. The normalized spacial score (nSPS) is 21.4. The second-order valence-corrected chi connectivity index (χ2v) is 5.68. The molecule has 0 aliphatic carbocycles. The Kier molecular flexibility index (Phi) is 3.28. The minimum Gasteiger partial charge on any atom is -0.368 e. The lowest BCUT2D eigenvalue weighted by atomic mass is 10.2. The van der Waals surface area contributed by atoms with Crippen LogP contribution in [0.25, 0.3) is 11.2 Å². The number of nitrogens with one attached hydrogen (secondary N) is 1. The van der Waals surface area contributed by atoms with Gasteiger partial charge in [0, 0.05) is 26.2 Å². The Morgan fingerprint density at radius 1 is 1.55 bits per heavy atom. The van der Waals surface area contributed by atoms with Crippen molar-refractivity contribution in [2.45, 2.75) is 12.5 Å². The number of hydrogen-bond donors (Lipinski definition) is 3. The maximum atomic E-state index is 11.0. The van der Waals surface area contributed by atoms with Gasteiger partial charge in [-0.05, 0) is 6.42 Å². The first-order valence-corrected chi connectivity index (χ1v) is 7.18. The summed E-state index contributed by atoms with van der Waals surface area (Å²) in [5.41, 5.74) is 7.00. The van der Waals surface area contributed by atoms with Crippen molar-refractivity contribution in [3.05, 3.63) is 6.33 Å². The minimum absolute atomic E-state index is 0.0330. The Morgan fingerprint density at radius 2 is 2.35 bits per heavy atom. The van der Waals surface area contributed by atoms with E-state index in [2.05, 4.69) is 20.3 Å². The SMILES string of the molecule is Cn1cnc2c(NC3CCN(S(=O)O)C3)nc(N)nc21. The van der Waals surface area contributed by atoms with Crippen molar-refractivity contribution < 1.29 is 8.76 Å². The highest BCUT2D eigenvalue weighted by atomic mass is 32.2. The largest absolute Gasteiger partial charge is 0.368 e. The molecule has 2 aromatic heterocycles. The van der Waals surface area contributed by atoms with E-state index in [0.717, 1.165) is 6.42 Å². The second kappa shape index (κ2) is 4.96. The molecular weight excluding hydrogens is 282 g/mol. The first-order chi connectivity index (χ1) is 9.54. The lowest BCUT2D eigenvalue weighted by Gasteiger charge is -2.14. The summed E-state index contributed by atoms with van der Waals surface area (Å²) in [4.78, 5) is 12.6. The summed E-state index contributed by atoms with van der Waals surface area (Å²) < 4.78 is 23.3. The van der Waals surface area contributed by atoms with Crippen LogP contribution in [0.2, 0.25) is 0 Å². The molecule has 9 nitrogen and oxygen atoms in total. The topological polar surface area (TPSA) is 122 Å². The maximum Gasteiger partial charge on any atom is 0.234 e. The molecule has 0 radical (unpaired) electrons. The van der Waals surface area contributed by atoms with Gasteiger partial charge in [-0.2, -0.15) is 14.3 Å². The van der Waals surface area contributed by atoms with Crippen molar-refractivity contribution in [1.29, 1.82) is 0 Å². The number of anilines is 2. The van der Waals surface area contributed by atoms with E-state index in [0.29, 0.717) is 30.1 Å². The zero-order chi connectivity index (χ0) is 14.3. The number of aromatic nitrogens is 4. The highest BCUT2D eigenvalue weighted by Gasteiger charge is 2.26. The van der Waals surface area contributed by atoms with Crippen molar-refractivity contribution in [2.75, 3.05) is 24.1 Å². The van der Waals surface area contributed by atoms with Crippen LogP contribution in [0.3, 0.4) is 0 Å². The van der Waals surface area contributed by atoms with Crippen molar-refractivity contribution in [2.24, 2.45) is 7.05 Å². The van der Waals surface area contributed by atoms with Crippen LogP contribution in [0.5, 0.6) is 0 Å². The van der Waals surface area contributed by atoms with Crippen LogP contribution < -0.4 is 11.1 Å². The molecule has 10 heteroatoms. The monoisotopic (exact) mass is 297 g/mol. The smallest absolute Gasteiger partial charge is 0.234 e. The molecule has 0 spiro atoms. The van der Waals surface area contributed by atoms with Gasteiger partial charge in [0.2, 0.25) is 17.2 Å². The summed E-state index contributed by atoms with van der Waals surface area (Å²) in [6.07, 6.45) is 2.40. The van der Waals surface area contributed by atoms with Crippen LogP contribution >= 0.6 is 0 Å². The van der Waals surface area contributed by atoms with Crippen LogP contribution in [0.1, 0.15) is 6.42 Å². The molecule has 1 fully saturated rings. The standard InChI is InChI=1S/C10H15N7O2S/c1-16-5-12-7-8(14-10(11)15-9(7)16)13-6-2-3-17(4-6)20(18)19/h5-6H,2-4H2,1H3,(H,18,19)(H3,11,13,14,15). The summed E-state index contributed by atoms with van der Waals surface area (Å²) >= 11 is -1.93. The summed E-state index contributed by atoms with van der Waals surface area (Å²) in [5.74, 6) is 0.729. The summed E-state index contributed by atoms with van der Waals surface area (Å²) in [7, 11) is 1.83. The van der Waals surface area contributed by atoms with Gasteiger partial charge < -0.3 is 15.6 Å². The number of nitrogens with zero attached hydrogens (tertiary/aromatic N) is 5. The van der Waals surface area contributed by atoms with Gasteiger partial charge in [0.05, 0.1) is 6.33 Å². The molecule has 1 aliphatic rings. The number of imidazole rings is 1. The number of fused-ring (bicyclic) bond motifs is 1. The fourth-order valence-electron chi connectivity index (χ4n) is 2.31. The summed E-state index contributed by atoms with van der Waals surface area (Å²) in [6, 6.07) is 0.0330. The molecule has 0 amide bonds. The molecule has 2 unspecified atom stereocenters. The van der Waals surface area contributed by atoms with Crippen LogP contribution in [0.15, 0.2) is 6.33 Å². The Bertz CT molecular complexity index is 673. The number of nitrogen functional groups attached to an aromatic ring is 1. The zero-order valence-corrected chi connectivity index (χ0v) is 11.7. The average Bonchev–Trinajstić information content (AvgIpc) is 2.98. The Labute approximate surface area is 117 Å². The third kappa shape index (κ3) is 2.32. The van der Waals surface area contributed by atoms with Crippen LogP contribution in [0, 0.1) is 0 Å². The number of hydrogen-bond acceptors (Lipinski definition) is 6. The van der Waals surface area contributed by atoms with Crippen LogP contribution in [0.4, 0.5) is 11.8 Å². The van der Waals surface area contributed by atoms with Crippen molar-refractivity contribution in [1.82, 2.24) is 23.8 Å². The summed E-state index contributed by atoms with van der Waals surface area (Å²) in [6.45, 7) is 1.04. The quantitative estimate of drug-likeness (QED) is 0.657. The molecular formula is C10H15N7O2S. The van der Waals surface area contributed by atoms with Gasteiger partial charge in [-0.1, -0.05) is 0 Å². The molecule has 4 N–H and O–H groups in total. The molecule has 0 aromatic carbocycles. The number of rotatable bonds is 3. The molecule has 20 heavy (non-hydrogen) atoms. The van der Waals surface area contributed by atoms with Crippen LogP contribution in [-0.2, 0) is 18.3 Å². The van der Waals surface area contributed by atoms with Crippen LogP contribution in [-0.4, -0.2) is 51.7 Å². The molecule has 108 valence electrons. The molecule has 2 atom stereocenters. The first-order valence-electron chi connectivity index (χ1n) is 6.11. The van der Waals surface area contributed by atoms with Gasteiger partial charge in [0.15, 0.2) is 17.0 Å². The van der Waals surface area contributed by atoms with Crippen molar-refractivity contribution in [3.63, 3.8) is 0 Å². The van der Waals surface area contributed by atoms with E-state index >= 15 is 0 Å². The van der Waals surface area contributed by atoms with E-state index in [1.54, 1.807) is 10.9 Å². The Hall–Kier alpha value is -1.78. The molecule has 3 rings (SSSR count). The minimum atomic E-state index is -1.93. The van der Waals surface area contributed by atoms with E-state index in [1.807, 2.05) is 7.05 Å². The third-order valence-corrected chi connectivity index (χ3v) is 4.06. The van der Waals surface area contributed by atoms with E-state index in [-0.39, 0.29) is 12.0 Å². The number of aryl methyl sites for hydroxylation is 1. The van der Waals surface area contributed by atoms with Gasteiger partial charge in [0.25, 0.3) is 0 Å². The van der Waals surface area contributed by atoms with Gasteiger partial charge in [0.1, 0.15) is 0 Å². The molecule has 3 heterocycles. The highest BCUT2D eigenvalue weighted by molar-refractivity contribution is 7.76. The average molecular weight is 297 g/mol.